The molecule has 1 aromatic heterocycles. The maximum Gasteiger partial charge on any atom is 0.191 e. The highest BCUT2D eigenvalue weighted by atomic mass is 32.1. The Morgan fingerprint density at radius 1 is 1.35 bits per heavy atom. The molecule has 0 spiro atoms. The van der Waals surface area contributed by atoms with Gasteiger partial charge in [0.15, 0.2) is 11.1 Å². The number of nitrogens with one attached hydrogen (secondary N) is 2. The number of fused-ring (bicyclic) bond motifs is 3. The second kappa shape index (κ2) is 7.46. The summed E-state index contributed by atoms with van der Waals surface area (Å²) < 4.78 is 0. The van der Waals surface area contributed by atoms with Crippen LogP contribution >= 0.6 is 11.3 Å². The molecular weight excluding hydrogens is 310 g/mol. The van der Waals surface area contributed by atoms with E-state index in [2.05, 4.69) is 35.8 Å². The monoisotopic (exact) mass is 337 g/mol. The topological polar surface area (TPSA) is 59.0 Å². The summed E-state index contributed by atoms with van der Waals surface area (Å²) in [6, 6.07) is 0.593. The Bertz CT molecular complexity index is 534. The van der Waals surface area contributed by atoms with Crippen LogP contribution in [0.25, 0.3) is 0 Å². The van der Waals surface area contributed by atoms with Crippen LogP contribution in [0.15, 0.2) is 10.4 Å². The van der Waals surface area contributed by atoms with Gasteiger partial charge in [-0.1, -0.05) is 0 Å². The molecule has 4 rings (SSSR count). The fraction of sp³-hybridized carbons (Fsp3) is 0.733. The molecule has 1 aromatic rings. The summed E-state index contributed by atoms with van der Waals surface area (Å²) in [7, 11) is 5.85. The fourth-order valence-corrected chi connectivity index (χ4v) is 3.87. The predicted molar refractivity (Wildman–Crippen MR) is 96.4 cm³/mol. The molecule has 3 fully saturated rings. The van der Waals surface area contributed by atoms with E-state index in [-0.39, 0.29) is 0 Å². The SMILES string of the molecule is CN=C(NCc1csc(N(C)C)n1)NCC1CN2CCN1CC2. The largest absolute Gasteiger partial charge is 0.355 e. The van der Waals surface area contributed by atoms with Crippen LogP contribution in [0.1, 0.15) is 5.69 Å². The summed E-state index contributed by atoms with van der Waals surface area (Å²) in [4.78, 5) is 16.1. The zero-order valence-electron chi connectivity index (χ0n) is 14.2. The number of rotatable bonds is 5. The summed E-state index contributed by atoms with van der Waals surface area (Å²) in [5.74, 6) is 0.849. The number of anilines is 1. The third-order valence-electron chi connectivity index (χ3n) is 4.48. The number of aromatic nitrogens is 1. The maximum absolute atomic E-state index is 4.58. The molecule has 128 valence electrons. The Morgan fingerprint density at radius 3 is 2.70 bits per heavy atom. The van der Waals surface area contributed by atoms with E-state index in [1.807, 2.05) is 26.0 Å². The van der Waals surface area contributed by atoms with Crippen molar-refractivity contribution in [2.75, 3.05) is 65.3 Å². The van der Waals surface area contributed by atoms with Crippen LogP contribution in [0.3, 0.4) is 0 Å². The van der Waals surface area contributed by atoms with Crippen LogP contribution in [-0.4, -0.2) is 87.2 Å². The van der Waals surface area contributed by atoms with Gasteiger partial charge in [0.05, 0.1) is 12.2 Å². The molecule has 0 aliphatic carbocycles. The quantitative estimate of drug-likeness (QED) is 0.577. The molecule has 4 heterocycles. The molecule has 3 aliphatic rings. The molecule has 0 saturated carbocycles. The van der Waals surface area contributed by atoms with E-state index in [9.17, 15) is 0 Å². The Hall–Kier alpha value is -1.38. The average molecular weight is 337 g/mol. The van der Waals surface area contributed by atoms with Crippen molar-refractivity contribution in [3.05, 3.63) is 11.1 Å². The highest BCUT2D eigenvalue weighted by Crippen LogP contribution is 2.17. The zero-order valence-corrected chi connectivity index (χ0v) is 15.1. The van der Waals surface area contributed by atoms with Crippen molar-refractivity contribution in [2.45, 2.75) is 12.6 Å². The van der Waals surface area contributed by atoms with Gasteiger partial charge in [-0.25, -0.2) is 4.98 Å². The first-order chi connectivity index (χ1) is 11.2. The molecule has 8 heteroatoms. The van der Waals surface area contributed by atoms with E-state index in [0.29, 0.717) is 12.6 Å². The molecule has 0 radical (unpaired) electrons. The summed E-state index contributed by atoms with van der Waals surface area (Å²) in [5.41, 5.74) is 1.05. The van der Waals surface area contributed by atoms with Crippen molar-refractivity contribution in [1.29, 1.82) is 0 Å². The van der Waals surface area contributed by atoms with E-state index in [4.69, 9.17) is 0 Å². The number of guanidine groups is 1. The van der Waals surface area contributed by atoms with Gasteiger partial charge in [0.1, 0.15) is 0 Å². The lowest BCUT2D eigenvalue weighted by molar-refractivity contribution is 0.0154. The lowest BCUT2D eigenvalue weighted by Gasteiger charge is -2.47. The van der Waals surface area contributed by atoms with Crippen molar-refractivity contribution < 1.29 is 0 Å². The number of thiazole rings is 1. The number of piperazine rings is 3. The molecular formula is C15H27N7S. The van der Waals surface area contributed by atoms with Gasteiger partial charge >= 0.3 is 0 Å². The van der Waals surface area contributed by atoms with E-state index < -0.39 is 0 Å². The third kappa shape index (κ3) is 4.13. The van der Waals surface area contributed by atoms with Crippen molar-refractivity contribution >= 4 is 22.4 Å². The first-order valence-electron chi connectivity index (χ1n) is 8.18. The Kier molecular flexibility index (Phi) is 5.34. The van der Waals surface area contributed by atoms with Gasteiger partial charge in [0.25, 0.3) is 0 Å². The molecule has 3 saturated heterocycles. The average Bonchev–Trinajstić information content (AvgIpc) is 3.05. The number of hydrogen-bond donors (Lipinski definition) is 2. The van der Waals surface area contributed by atoms with Crippen LogP contribution in [0.2, 0.25) is 0 Å². The third-order valence-corrected chi connectivity index (χ3v) is 5.54. The second-order valence-electron chi connectivity index (χ2n) is 6.31. The molecule has 0 aromatic carbocycles. The first kappa shape index (κ1) is 16.5. The van der Waals surface area contributed by atoms with E-state index in [0.717, 1.165) is 23.3 Å². The lowest BCUT2D eigenvalue weighted by Crippen LogP contribution is -2.63. The van der Waals surface area contributed by atoms with Crippen molar-refractivity contribution in [2.24, 2.45) is 4.99 Å². The predicted octanol–water partition coefficient (Wildman–Crippen LogP) is -0.126. The molecule has 0 amide bonds. The zero-order chi connectivity index (χ0) is 16.2. The number of aliphatic imine (C=N–C) groups is 1. The number of nitrogens with zero attached hydrogens (tertiary/aromatic N) is 5. The molecule has 1 unspecified atom stereocenters. The van der Waals surface area contributed by atoms with Crippen LogP contribution in [0.4, 0.5) is 5.13 Å². The molecule has 7 nitrogen and oxygen atoms in total. The Balaban J connectivity index is 1.44. The van der Waals surface area contributed by atoms with E-state index in [1.54, 1.807) is 11.3 Å². The van der Waals surface area contributed by atoms with E-state index in [1.165, 1.54) is 32.7 Å². The summed E-state index contributed by atoms with van der Waals surface area (Å²) in [6.45, 7) is 7.65. The molecule has 1 atom stereocenters. The molecule has 2 bridgehead atoms. The lowest BCUT2D eigenvalue weighted by atomic mass is 10.1. The standard InChI is InChI=1S/C15H27N7S/c1-16-14(17-8-12-11-23-15(19-12)20(2)3)18-9-13-10-21-4-6-22(13)7-5-21/h11,13H,4-10H2,1-3H3,(H2,16,17,18). The van der Waals surface area contributed by atoms with Gasteiger partial charge in [-0.05, 0) is 0 Å². The second-order valence-corrected chi connectivity index (χ2v) is 7.15. The smallest absolute Gasteiger partial charge is 0.191 e. The van der Waals surface area contributed by atoms with Gasteiger partial charge in [0.2, 0.25) is 0 Å². The van der Waals surface area contributed by atoms with Crippen LogP contribution in [0, 0.1) is 0 Å². The minimum atomic E-state index is 0.593. The van der Waals surface area contributed by atoms with E-state index >= 15 is 0 Å². The maximum atomic E-state index is 4.58. The van der Waals surface area contributed by atoms with Gasteiger partial charge in [-0.15, -0.1) is 11.3 Å². The van der Waals surface area contributed by atoms with Gasteiger partial charge < -0.3 is 15.5 Å². The van der Waals surface area contributed by atoms with Gasteiger partial charge in [0, 0.05) is 71.8 Å². The summed E-state index contributed by atoms with van der Waals surface area (Å²) in [6.07, 6.45) is 0. The minimum absolute atomic E-state index is 0.593. The van der Waals surface area contributed by atoms with Crippen molar-refractivity contribution in [1.82, 2.24) is 25.4 Å². The van der Waals surface area contributed by atoms with Crippen LogP contribution < -0.4 is 15.5 Å². The highest BCUT2D eigenvalue weighted by Gasteiger charge is 2.31. The van der Waals surface area contributed by atoms with Crippen molar-refractivity contribution in [3.63, 3.8) is 0 Å². The molecule has 23 heavy (non-hydrogen) atoms. The first-order valence-corrected chi connectivity index (χ1v) is 9.06. The van der Waals surface area contributed by atoms with Crippen LogP contribution in [-0.2, 0) is 6.54 Å². The van der Waals surface area contributed by atoms with Crippen LogP contribution in [0.5, 0.6) is 0 Å². The normalized spacial score (nSPS) is 27.1. The Labute approximate surface area is 142 Å². The highest BCUT2D eigenvalue weighted by molar-refractivity contribution is 7.13. The number of hydrogen-bond acceptors (Lipinski definition) is 6. The molecule has 3 aliphatic heterocycles. The fourth-order valence-electron chi connectivity index (χ4n) is 3.11. The minimum Gasteiger partial charge on any atom is -0.355 e. The Morgan fingerprint density at radius 2 is 2.13 bits per heavy atom. The van der Waals surface area contributed by atoms with Gasteiger partial charge in [-0.3, -0.25) is 14.8 Å². The summed E-state index contributed by atoms with van der Waals surface area (Å²) in [5, 5.41) is 9.94. The van der Waals surface area contributed by atoms with Gasteiger partial charge in [-0.2, -0.15) is 0 Å². The molecule has 2 N–H and O–H groups in total. The summed E-state index contributed by atoms with van der Waals surface area (Å²) >= 11 is 1.66. The van der Waals surface area contributed by atoms with Crippen molar-refractivity contribution in [3.8, 4) is 0 Å².